The third kappa shape index (κ3) is 3.92. The standard InChI is InChI=1S/C17H20BrNO/c1-13-12-15(8-9-16(13)18)17(20-11-10-19-2)14-6-4-3-5-7-14/h3-9,12,17,19H,10-11H2,1-2H3. The Balaban J connectivity index is 2.28. The molecule has 20 heavy (non-hydrogen) atoms. The van der Waals surface area contributed by atoms with Gasteiger partial charge in [-0.1, -0.05) is 58.4 Å². The van der Waals surface area contributed by atoms with E-state index in [0.29, 0.717) is 6.61 Å². The van der Waals surface area contributed by atoms with Gasteiger partial charge in [-0.2, -0.15) is 0 Å². The Bertz CT molecular complexity index is 542. The highest BCUT2D eigenvalue weighted by Crippen LogP contribution is 2.28. The minimum Gasteiger partial charge on any atom is -0.367 e. The Hall–Kier alpha value is -1.16. The van der Waals surface area contributed by atoms with Gasteiger partial charge >= 0.3 is 0 Å². The van der Waals surface area contributed by atoms with E-state index in [4.69, 9.17) is 4.74 Å². The van der Waals surface area contributed by atoms with Crippen molar-refractivity contribution in [2.45, 2.75) is 13.0 Å². The Labute approximate surface area is 129 Å². The molecule has 0 aliphatic heterocycles. The molecule has 0 amide bonds. The number of hydrogen-bond donors (Lipinski definition) is 1. The molecule has 0 aliphatic rings. The zero-order valence-electron chi connectivity index (χ0n) is 11.9. The average molecular weight is 334 g/mol. The summed E-state index contributed by atoms with van der Waals surface area (Å²) in [5, 5.41) is 3.11. The summed E-state index contributed by atoms with van der Waals surface area (Å²) < 4.78 is 7.20. The molecule has 2 rings (SSSR count). The van der Waals surface area contributed by atoms with E-state index in [1.54, 1.807) is 0 Å². The quantitative estimate of drug-likeness (QED) is 0.804. The lowest BCUT2D eigenvalue weighted by Crippen LogP contribution is -2.17. The molecule has 2 aromatic rings. The van der Waals surface area contributed by atoms with Gasteiger partial charge in [0, 0.05) is 11.0 Å². The van der Waals surface area contributed by atoms with Crippen LogP contribution >= 0.6 is 15.9 Å². The van der Waals surface area contributed by atoms with E-state index in [0.717, 1.165) is 11.0 Å². The predicted octanol–water partition coefficient (Wildman–Crippen LogP) is 4.08. The summed E-state index contributed by atoms with van der Waals surface area (Å²) in [5.74, 6) is 0. The van der Waals surface area contributed by atoms with E-state index in [1.165, 1.54) is 16.7 Å². The number of rotatable bonds is 6. The van der Waals surface area contributed by atoms with Crippen molar-refractivity contribution in [1.82, 2.24) is 5.32 Å². The summed E-state index contributed by atoms with van der Waals surface area (Å²) in [6.07, 6.45) is -0.0173. The summed E-state index contributed by atoms with van der Waals surface area (Å²) in [6.45, 7) is 3.63. The van der Waals surface area contributed by atoms with Crippen LogP contribution in [0.25, 0.3) is 0 Å². The number of aryl methyl sites for hydroxylation is 1. The van der Waals surface area contributed by atoms with E-state index in [1.807, 2.05) is 13.1 Å². The van der Waals surface area contributed by atoms with Crippen molar-refractivity contribution >= 4 is 15.9 Å². The smallest absolute Gasteiger partial charge is 0.108 e. The highest BCUT2D eigenvalue weighted by atomic mass is 79.9. The van der Waals surface area contributed by atoms with Crippen LogP contribution in [0.1, 0.15) is 22.8 Å². The van der Waals surface area contributed by atoms with Crippen LogP contribution in [-0.2, 0) is 4.74 Å². The summed E-state index contributed by atoms with van der Waals surface area (Å²) in [7, 11) is 1.94. The number of halogens is 1. The van der Waals surface area contributed by atoms with Gasteiger partial charge in [0.2, 0.25) is 0 Å². The van der Waals surface area contributed by atoms with Gasteiger partial charge in [0.15, 0.2) is 0 Å². The summed E-state index contributed by atoms with van der Waals surface area (Å²) in [4.78, 5) is 0. The Kier molecular flexibility index (Phi) is 5.77. The minimum absolute atomic E-state index is 0.0173. The summed E-state index contributed by atoms with van der Waals surface area (Å²) in [5.41, 5.74) is 3.60. The van der Waals surface area contributed by atoms with Crippen LogP contribution < -0.4 is 5.32 Å². The molecule has 0 fully saturated rings. The van der Waals surface area contributed by atoms with Crippen molar-refractivity contribution in [2.75, 3.05) is 20.2 Å². The van der Waals surface area contributed by atoms with Gasteiger partial charge in [-0.25, -0.2) is 0 Å². The lowest BCUT2D eigenvalue weighted by molar-refractivity contribution is 0.0830. The largest absolute Gasteiger partial charge is 0.367 e. The van der Waals surface area contributed by atoms with Gasteiger partial charge in [0.05, 0.1) is 6.61 Å². The first-order valence-electron chi connectivity index (χ1n) is 6.79. The molecule has 2 aromatic carbocycles. The fourth-order valence-corrected chi connectivity index (χ4v) is 2.37. The molecule has 0 saturated carbocycles. The fraction of sp³-hybridized carbons (Fsp3) is 0.294. The highest BCUT2D eigenvalue weighted by molar-refractivity contribution is 9.10. The molecule has 0 saturated heterocycles. The van der Waals surface area contributed by atoms with Gasteiger partial charge in [0.1, 0.15) is 6.10 Å². The maximum absolute atomic E-state index is 6.07. The average Bonchev–Trinajstić information content (AvgIpc) is 2.48. The van der Waals surface area contributed by atoms with Crippen LogP contribution in [0.4, 0.5) is 0 Å². The number of nitrogens with one attached hydrogen (secondary N) is 1. The lowest BCUT2D eigenvalue weighted by Gasteiger charge is -2.20. The Morgan fingerprint density at radius 3 is 2.50 bits per heavy atom. The van der Waals surface area contributed by atoms with E-state index < -0.39 is 0 Å². The first-order valence-corrected chi connectivity index (χ1v) is 7.59. The first kappa shape index (κ1) is 15.2. The number of benzene rings is 2. The molecule has 2 nitrogen and oxygen atoms in total. The molecule has 0 radical (unpaired) electrons. The first-order chi connectivity index (χ1) is 9.72. The SMILES string of the molecule is CNCCOC(c1ccccc1)c1ccc(Br)c(C)c1. The van der Waals surface area contributed by atoms with Gasteiger partial charge in [0.25, 0.3) is 0 Å². The van der Waals surface area contributed by atoms with Crippen molar-refractivity contribution < 1.29 is 4.74 Å². The molecular formula is C17H20BrNO. The van der Waals surface area contributed by atoms with Crippen LogP contribution in [0.15, 0.2) is 53.0 Å². The number of ether oxygens (including phenoxy) is 1. The van der Waals surface area contributed by atoms with Gasteiger partial charge in [-0.05, 0) is 36.7 Å². The van der Waals surface area contributed by atoms with Crippen molar-refractivity contribution in [2.24, 2.45) is 0 Å². The molecule has 106 valence electrons. The van der Waals surface area contributed by atoms with Gasteiger partial charge in [-0.15, -0.1) is 0 Å². The topological polar surface area (TPSA) is 21.3 Å². The third-order valence-electron chi connectivity index (χ3n) is 3.22. The maximum atomic E-state index is 6.07. The van der Waals surface area contributed by atoms with E-state index in [9.17, 15) is 0 Å². The van der Waals surface area contributed by atoms with E-state index in [2.05, 4.69) is 70.6 Å². The van der Waals surface area contributed by atoms with Crippen LogP contribution in [0.3, 0.4) is 0 Å². The molecule has 3 heteroatoms. The van der Waals surface area contributed by atoms with Crippen LogP contribution in [0, 0.1) is 6.92 Å². The number of likely N-dealkylation sites (N-methyl/N-ethyl adjacent to an activating group) is 1. The molecule has 1 atom stereocenters. The Morgan fingerprint density at radius 1 is 1.10 bits per heavy atom. The Morgan fingerprint density at radius 2 is 1.85 bits per heavy atom. The molecule has 0 spiro atoms. The zero-order chi connectivity index (χ0) is 14.4. The van der Waals surface area contributed by atoms with Crippen LogP contribution in [-0.4, -0.2) is 20.2 Å². The monoisotopic (exact) mass is 333 g/mol. The summed E-state index contributed by atoms with van der Waals surface area (Å²) >= 11 is 3.55. The van der Waals surface area contributed by atoms with Crippen molar-refractivity contribution in [3.8, 4) is 0 Å². The fourth-order valence-electron chi connectivity index (χ4n) is 2.12. The van der Waals surface area contributed by atoms with Crippen LogP contribution in [0.5, 0.6) is 0 Å². The predicted molar refractivity (Wildman–Crippen MR) is 87.0 cm³/mol. The second kappa shape index (κ2) is 7.58. The summed E-state index contributed by atoms with van der Waals surface area (Å²) in [6, 6.07) is 16.7. The van der Waals surface area contributed by atoms with E-state index >= 15 is 0 Å². The second-order valence-corrected chi connectivity index (χ2v) is 5.63. The molecule has 1 unspecified atom stereocenters. The molecule has 0 aliphatic carbocycles. The van der Waals surface area contributed by atoms with Gasteiger partial charge < -0.3 is 10.1 Å². The third-order valence-corrected chi connectivity index (χ3v) is 4.11. The van der Waals surface area contributed by atoms with E-state index in [-0.39, 0.29) is 6.10 Å². The normalized spacial score (nSPS) is 12.3. The molecule has 0 aromatic heterocycles. The van der Waals surface area contributed by atoms with Crippen LogP contribution in [0.2, 0.25) is 0 Å². The van der Waals surface area contributed by atoms with Gasteiger partial charge in [-0.3, -0.25) is 0 Å². The van der Waals surface area contributed by atoms with Crippen molar-refractivity contribution in [3.05, 3.63) is 69.7 Å². The van der Waals surface area contributed by atoms with Crippen molar-refractivity contribution in [3.63, 3.8) is 0 Å². The molecule has 0 heterocycles. The molecule has 1 N–H and O–H groups in total. The maximum Gasteiger partial charge on any atom is 0.108 e. The highest BCUT2D eigenvalue weighted by Gasteiger charge is 2.15. The van der Waals surface area contributed by atoms with Crippen molar-refractivity contribution in [1.29, 1.82) is 0 Å². The molecular weight excluding hydrogens is 314 g/mol. The lowest BCUT2D eigenvalue weighted by atomic mass is 10.00. The number of hydrogen-bond acceptors (Lipinski definition) is 2. The minimum atomic E-state index is -0.0173. The second-order valence-electron chi connectivity index (χ2n) is 4.77. The zero-order valence-corrected chi connectivity index (χ0v) is 13.5. The molecule has 0 bridgehead atoms.